The molecule has 1 fully saturated rings. The van der Waals surface area contributed by atoms with E-state index in [9.17, 15) is 9.90 Å². The second-order valence-corrected chi connectivity index (χ2v) is 5.36. The maximum atomic E-state index is 11.3. The summed E-state index contributed by atoms with van der Waals surface area (Å²) in [6.07, 6.45) is 3.08. The fourth-order valence-electron chi connectivity index (χ4n) is 2.79. The fraction of sp³-hybridized carbons (Fsp3) is 0.929. The molecule has 0 aromatic carbocycles. The number of aliphatic hydroxyl groups excluding tert-OH is 1. The van der Waals surface area contributed by atoms with Gasteiger partial charge in [0.15, 0.2) is 0 Å². The van der Waals surface area contributed by atoms with E-state index in [-0.39, 0.29) is 12.4 Å². The molecule has 1 aliphatic heterocycles. The average molecular weight is 257 g/mol. The van der Waals surface area contributed by atoms with Crippen LogP contribution in [0.25, 0.3) is 0 Å². The van der Waals surface area contributed by atoms with Gasteiger partial charge in [0.25, 0.3) is 0 Å². The Labute approximate surface area is 110 Å². The van der Waals surface area contributed by atoms with Gasteiger partial charge in [-0.05, 0) is 38.1 Å². The van der Waals surface area contributed by atoms with Crippen molar-refractivity contribution in [2.24, 2.45) is 5.41 Å². The fourth-order valence-corrected chi connectivity index (χ4v) is 2.79. The van der Waals surface area contributed by atoms with Gasteiger partial charge < -0.3 is 14.7 Å². The van der Waals surface area contributed by atoms with Crippen LogP contribution in [0.3, 0.4) is 0 Å². The van der Waals surface area contributed by atoms with Gasteiger partial charge in [0.05, 0.1) is 19.1 Å². The third-order valence-corrected chi connectivity index (χ3v) is 4.19. The number of β-amino-alcohol motifs (C(OH)–C–C–N with tert-alkyl or cyclic N) is 1. The highest BCUT2D eigenvalue weighted by atomic mass is 16.5. The first-order valence-electron chi connectivity index (χ1n) is 7.11. The van der Waals surface area contributed by atoms with Crippen molar-refractivity contribution in [1.29, 1.82) is 0 Å². The molecular weight excluding hydrogens is 230 g/mol. The monoisotopic (exact) mass is 257 g/mol. The summed E-state index contributed by atoms with van der Waals surface area (Å²) >= 11 is 0. The first kappa shape index (κ1) is 15.4. The number of ether oxygens (including phenoxy) is 1. The number of carbonyl (C=O) groups excluding carboxylic acids is 1. The van der Waals surface area contributed by atoms with Gasteiger partial charge in [-0.3, -0.25) is 4.79 Å². The first-order valence-corrected chi connectivity index (χ1v) is 7.11. The van der Waals surface area contributed by atoms with Crippen LogP contribution in [0.5, 0.6) is 0 Å². The lowest BCUT2D eigenvalue weighted by molar-refractivity contribution is -0.145. The number of likely N-dealkylation sites (tertiary alicyclic amines) is 1. The van der Waals surface area contributed by atoms with Crippen LogP contribution < -0.4 is 0 Å². The van der Waals surface area contributed by atoms with E-state index in [0.717, 1.165) is 13.1 Å². The normalized spacial score (nSPS) is 20.9. The zero-order valence-corrected chi connectivity index (χ0v) is 11.9. The Hall–Kier alpha value is -0.610. The molecule has 0 spiro atoms. The topological polar surface area (TPSA) is 49.8 Å². The highest BCUT2D eigenvalue weighted by Crippen LogP contribution is 2.36. The molecule has 0 radical (unpaired) electrons. The second kappa shape index (κ2) is 7.10. The van der Waals surface area contributed by atoms with Crippen molar-refractivity contribution in [2.75, 3.05) is 26.2 Å². The van der Waals surface area contributed by atoms with Gasteiger partial charge in [0, 0.05) is 13.1 Å². The Morgan fingerprint density at radius 3 is 2.56 bits per heavy atom. The largest absolute Gasteiger partial charge is 0.466 e. The van der Waals surface area contributed by atoms with Crippen LogP contribution in [-0.2, 0) is 9.53 Å². The van der Waals surface area contributed by atoms with Crippen LogP contribution in [0.4, 0.5) is 0 Å². The van der Waals surface area contributed by atoms with Crippen molar-refractivity contribution < 1.29 is 14.6 Å². The minimum atomic E-state index is -0.603. The molecule has 0 aliphatic carbocycles. The predicted molar refractivity (Wildman–Crippen MR) is 71.3 cm³/mol. The SMILES string of the molecule is CCOC(=O)CC(O)CN1CCC(CC)(CC)C1. The van der Waals surface area contributed by atoms with Crippen molar-refractivity contribution in [3.63, 3.8) is 0 Å². The zero-order chi connectivity index (χ0) is 13.6. The molecule has 4 heteroatoms. The van der Waals surface area contributed by atoms with Crippen LogP contribution in [0.15, 0.2) is 0 Å². The van der Waals surface area contributed by atoms with E-state index in [1.54, 1.807) is 6.92 Å². The average Bonchev–Trinajstić information content (AvgIpc) is 2.73. The van der Waals surface area contributed by atoms with Crippen molar-refractivity contribution in [2.45, 2.75) is 52.6 Å². The highest BCUT2D eigenvalue weighted by Gasteiger charge is 2.35. The molecule has 1 rings (SSSR count). The molecule has 4 nitrogen and oxygen atoms in total. The number of hydrogen-bond acceptors (Lipinski definition) is 4. The van der Waals surface area contributed by atoms with E-state index in [1.807, 2.05) is 0 Å². The molecule has 1 aliphatic rings. The van der Waals surface area contributed by atoms with E-state index < -0.39 is 6.10 Å². The van der Waals surface area contributed by atoms with Crippen LogP contribution in [0, 0.1) is 5.41 Å². The summed E-state index contributed by atoms with van der Waals surface area (Å²) in [7, 11) is 0. The van der Waals surface area contributed by atoms with Gasteiger partial charge in [-0.15, -0.1) is 0 Å². The Bertz CT molecular complexity index is 264. The summed E-state index contributed by atoms with van der Waals surface area (Å²) < 4.78 is 4.84. The maximum Gasteiger partial charge on any atom is 0.308 e. The lowest BCUT2D eigenvalue weighted by atomic mass is 9.82. The number of hydrogen-bond donors (Lipinski definition) is 1. The Morgan fingerprint density at radius 2 is 2.06 bits per heavy atom. The second-order valence-electron chi connectivity index (χ2n) is 5.36. The molecule has 1 N–H and O–H groups in total. The quantitative estimate of drug-likeness (QED) is 0.707. The molecule has 0 aromatic heterocycles. The molecule has 1 unspecified atom stereocenters. The molecule has 0 aromatic rings. The summed E-state index contributed by atoms with van der Waals surface area (Å²) in [5, 5.41) is 9.88. The van der Waals surface area contributed by atoms with Gasteiger partial charge in [-0.25, -0.2) is 0 Å². The van der Waals surface area contributed by atoms with E-state index in [4.69, 9.17) is 4.74 Å². The maximum absolute atomic E-state index is 11.3. The van der Waals surface area contributed by atoms with Crippen LogP contribution >= 0.6 is 0 Å². The number of aliphatic hydroxyl groups is 1. The van der Waals surface area contributed by atoms with E-state index in [0.29, 0.717) is 18.6 Å². The van der Waals surface area contributed by atoms with Gasteiger partial charge in [0.1, 0.15) is 0 Å². The van der Waals surface area contributed by atoms with Gasteiger partial charge in [0.2, 0.25) is 0 Å². The van der Waals surface area contributed by atoms with Crippen molar-refractivity contribution in [3.8, 4) is 0 Å². The van der Waals surface area contributed by atoms with Crippen molar-refractivity contribution in [3.05, 3.63) is 0 Å². The third kappa shape index (κ3) is 4.25. The molecular formula is C14H27NO3. The molecule has 0 amide bonds. The lowest BCUT2D eigenvalue weighted by Gasteiger charge is -2.27. The summed E-state index contributed by atoms with van der Waals surface area (Å²) in [5.41, 5.74) is 0.420. The van der Waals surface area contributed by atoms with Gasteiger partial charge >= 0.3 is 5.97 Å². The van der Waals surface area contributed by atoms with Gasteiger partial charge in [-0.2, -0.15) is 0 Å². The van der Waals surface area contributed by atoms with Crippen LogP contribution in [-0.4, -0.2) is 48.3 Å². The zero-order valence-electron chi connectivity index (χ0n) is 11.9. The number of rotatable bonds is 7. The van der Waals surface area contributed by atoms with Gasteiger partial charge in [-0.1, -0.05) is 13.8 Å². The Balaban J connectivity index is 2.34. The Morgan fingerprint density at radius 1 is 1.39 bits per heavy atom. The number of esters is 1. The summed E-state index contributed by atoms with van der Waals surface area (Å²) in [5.74, 6) is -0.304. The lowest BCUT2D eigenvalue weighted by Crippen LogP contribution is -2.34. The van der Waals surface area contributed by atoms with Crippen LogP contribution in [0.1, 0.15) is 46.5 Å². The molecule has 1 heterocycles. The molecule has 0 bridgehead atoms. The van der Waals surface area contributed by atoms with E-state index >= 15 is 0 Å². The van der Waals surface area contributed by atoms with E-state index in [1.165, 1.54) is 19.3 Å². The predicted octanol–water partition coefficient (Wildman–Crippen LogP) is 1.81. The standard InChI is InChI=1S/C14H27NO3/c1-4-14(5-2)7-8-15(11-14)10-12(16)9-13(17)18-6-3/h12,16H,4-11H2,1-3H3. The Kier molecular flexibility index (Phi) is 6.09. The highest BCUT2D eigenvalue weighted by molar-refractivity contribution is 5.69. The third-order valence-electron chi connectivity index (χ3n) is 4.19. The molecule has 1 saturated heterocycles. The molecule has 0 saturated carbocycles. The minimum Gasteiger partial charge on any atom is -0.466 e. The van der Waals surface area contributed by atoms with Crippen molar-refractivity contribution in [1.82, 2.24) is 4.90 Å². The smallest absolute Gasteiger partial charge is 0.308 e. The van der Waals surface area contributed by atoms with Crippen molar-refractivity contribution >= 4 is 5.97 Å². The molecule has 106 valence electrons. The van der Waals surface area contributed by atoms with Crippen LogP contribution in [0.2, 0.25) is 0 Å². The summed E-state index contributed by atoms with van der Waals surface area (Å²) in [4.78, 5) is 13.5. The molecule has 1 atom stereocenters. The summed E-state index contributed by atoms with van der Waals surface area (Å²) in [6, 6.07) is 0. The van der Waals surface area contributed by atoms with E-state index in [2.05, 4.69) is 18.7 Å². The number of carbonyl (C=O) groups is 1. The minimum absolute atomic E-state index is 0.107. The number of nitrogens with zero attached hydrogens (tertiary/aromatic N) is 1. The molecule has 18 heavy (non-hydrogen) atoms. The first-order chi connectivity index (χ1) is 8.55. The summed E-state index contributed by atoms with van der Waals surface area (Å²) in [6.45, 7) is 9.29.